The second kappa shape index (κ2) is 6.74. The van der Waals surface area contributed by atoms with Gasteiger partial charge in [0, 0.05) is 34.2 Å². The fraction of sp³-hybridized carbons (Fsp3) is 0.118. The Morgan fingerprint density at radius 3 is 2.60 bits per heavy atom. The van der Waals surface area contributed by atoms with Gasteiger partial charge in [-0.2, -0.15) is 0 Å². The average Bonchev–Trinajstić information content (AvgIpc) is 2.55. The second-order valence-corrected chi connectivity index (χ2v) is 6.16. The summed E-state index contributed by atoms with van der Waals surface area (Å²) in [5.74, 6) is 0.270. The lowest BCUT2D eigenvalue weighted by Gasteiger charge is -2.10. The molecule has 3 rings (SSSR count). The van der Waals surface area contributed by atoms with Crippen LogP contribution in [0.15, 0.2) is 45.6 Å². The molecule has 0 fully saturated rings. The number of non-ortho nitro benzene ring substituents is 1. The zero-order chi connectivity index (χ0) is 18.1. The van der Waals surface area contributed by atoms with Crippen molar-refractivity contribution in [3.05, 3.63) is 78.1 Å². The molecule has 1 heterocycles. The molecular formula is C17H11Cl2NO5. The van der Waals surface area contributed by atoms with Crippen LogP contribution in [0, 0.1) is 17.0 Å². The summed E-state index contributed by atoms with van der Waals surface area (Å²) in [4.78, 5) is 21.9. The van der Waals surface area contributed by atoms with E-state index in [2.05, 4.69) is 0 Å². The molecule has 0 aliphatic carbocycles. The Morgan fingerprint density at radius 1 is 1.16 bits per heavy atom. The van der Waals surface area contributed by atoms with Crippen molar-refractivity contribution in [1.29, 1.82) is 0 Å². The topological polar surface area (TPSA) is 82.6 Å². The quantitative estimate of drug-likeness (QED) is 0.365. The third-order valence-corrected chi connectivity index (χ3v) is 4.32. The lowest BCUT2D eigenvalue weighted by Crippen LogP contribution is -2.04. The van der Waals surface area contributed by atoms with Gasteiger partial charge in [0.15, 0.2) is 0 Å². The molecule has 0 saturated carbocycles. The molecule has 128 valence electrons. The standard InChI is InChI=1S/C17H11Cl2NO5/c1-9-4-16-12(7-13(9)18)10(5-17(21)25-16)8-24-15-3-2-11(20(22)23)6-14(15)19/h2-7H,8H2,1H3. The molecule has 0 atom stereocenters. The fourth-order valence-corrected chi connectivity index (χ4v) is 2.74. The average molecular weight is 380 g/mol. The van der Waals surface area contributed by atoms with E-state index in [0.717, 1.165) is 5.56 Å². The Labute approximate surface area is 151 Å². The summed E-state index contributed by atoms with van der Waals surface area (Å²) in [6.45, 7) is 1.83. The number of nitrogens with zero attached hydrogens (tertiary/aromatic N) is 1. The van der Waals surface area contributed by atoms with Crippen molar-refractivity contribution in [1.82, 2.24) is 0 Å². The predicted molar refractivity (Wildman–Crippen MR) is 94.7 cm³/mol. The summed E-state index contributed by atoms with van der Waals surface area (Å²) < 4.78 is 10.8. The highest BCUT2D eigenvalue weighted by Crippen LogP contribution is 2.30. The third kappa shape index (κ3) is 3.60. The highest BCUT2D eigenvalue weighted by molar-refractivity contribution is 6.32. The third-order valence-electron chi connectivity index (χ3n) is 3.62. The number of rotatable bonds is 4. The van der Waals surface area contributed by atoms with Crippen molar-refractivity contribution in [3.8, 4) is 5.75 Å². The van der Waals surface area contributed by atoms with Crippen LogP contribution in [0.25, 0.3) is 11.0 Å². The van der Waals surface area contributed by atoms with Crippen LogP contribution in [0.3, 0.4) is 0 Å². The van der Waals surface area contributed by atoms with Gasteiger partial charge in [-0.15, -0.1) is 0 Å². The van der Waals surface area contributed by atoms with Gasteiger partial charge in [-0.25, -0.2) is 4.79 Å². The maximum Gasteiger partial charge on any atom is 0.336 e. The van der Waals surface area contributed by atoms with E-state index in [4.69, 9.17) is 32.4 Å². The largest absolute Gasteiger partial charge is 0.487 e. The van der Waals surface area contributed by atoms with Crippen LogP contribution in [0.2, 0.25) is 10.0 Å². The van der Waals surface area contributed by atoms with Gasteiger partial charge in [0.25, 0.3) is 5.69 Å². The SMILES string of the molecule is Cc1cc2oc(=O)cc(COc3ccc([N+](=O)[O-])cc3Cl)c2cc1Cl. The first-order valence-electron chi connectivity index (χ1n) is 7.15. The molecule has 0 radical (unpaired) electrons. The fourth-order valence-electron chi connectivity index (χ4n) is 2.34. The van der Waals surface area contributed by atoms with Gasteiger partial charge < -0.3 is 9.15 Å². The van der Waals surface area contributed by atoms with Gasteiger partial charge in [-0.05, 0) is 30.7 Å². The van der Waals surface area contributed by atoms with Crippen molar-refractivity contribution >= 4 is 39.9 Å². The van der Waals surface area contributed by atoms with E-state index in [1.807, 2.05) is 6.92 Å². The lowest BCUT2D eigenvalue weighted by molar-refractivity contribution is -0.384. The van der Waals surface area contributed by atoms with E-state index in [1.54, 1.807) is 12.1 Å². The van der Waals surface area contributed by atoms with Gasteiger partial charge in [-0.3, -0.25) is 10.1 Å². The highest BCUT2D eigenvalue weighted by atomic mass is 35.5. The van der Waals surface area contributed by atoms with Crippen LogP contribution in [-0.4, -0.2) is 4.92 Å². The van der Waals surface area contributed by atoms with Gasteiger partial charge in [0.05, 0.1) is 9.95 Å². The number of nitro groups is 1. The molecule has 25 heavy (non-hydrogen) atoms. The van der Waals surface area contributed by atoms with Gasteiger partial charge in [-0.1, -0.05) is 23.2 Å². The molecule has 0 bridgehead atoms. The van der Waals surface area contributed by atoms with E-state index in [0.29, 0.717) is 21.6 Å². The molecule has 0 saturated heterocycles. The Balaban J connectivity index is 1.95. The zero-order valence-electron chi connectivity index (χ0n) is 12.9. The predicted octanol–water partition coefficient (Wildman–Crippen LogP) is 4.90. The number of nitro benzene ring substituents is 1. The van der Waals surface area contributed by atoms with Crippen LogP contribution in [0.4, 0.5) is 5.69 Å². The monoisotopic (exact) mass is 379 g/mol. The van der Waals surface area contributed by atoms with E-state index < -0.39 is 10.5 Å². The van der Waals surface area contributed by atoms with E-state index in [-0.39, 0.29) is 23.1 Å². The summed E-state index contributed by atoms with van der Waals surface area (Å²) in [6.07, 6.45) is 0. The van der Waals surface area contributed by atoms with Crippen LogP contribution in [0.5, 0.6) is 5.75 Å². The molecule has 1 aromatic heterocycles. The number of benzene rings is 2. The molecular weight excluding hydrogens is 369 g/mol. The van der Waals surface area contributed by atoms with Crippen molar-refractivity contribution in [3.63, 3.8) is 0 Å². The Bertz CT molecular complexity index is 1050. The molecule has 0 aliphatic rings. The number of hydrogen-bond acceptors (Lipinski definition) is 5. The molecule has 0 amide bonds. The van der Waals surface area contributed by atoms with Crippen LogP contribution in [-0.2, 0) is 6.61 Å². The Hall–Kier alpha value is -2.57. The minimum Gasteiger partial charge on any atom is -0.487 e. The summed E-state index contributed by atoms with van der Waals surface area (Å²) in [6, 6.07) is 8.60. The molecule has 0 spiro atoms. The van der Waals surface area contributed by atoms with Crippen LogP contribution in [0.1, 0.15) is 11.1 Å². The smallest absolute Gasteiger partial charge is 0.336 e. The maximum absolute atomic E-state index is 11.7. The molecule has 8 heteroatoms. The maximum atomic E-state index is 11.7. The Morgan fingerprint density at radius 2 is 1.92 bits per heavy atom. The number of hydrogen-bond donors (Lipinski definition) is 0. The first kappa shape index (κ1) is 17.3. The van der Waals surface area contributed by atoms with Gasteiger partial charge >= 0.3 is 5.63 Å². The van der Waals surface area contributed by atoms with Crippen molar-refractivity contribution < 1.29 is 14.1 Å². The first-order chi connectivity index (χ1) is 11.8. The molecule has 2 aromatic carbocycles. The zero-order valence-corrected chi connectivity index (χ0v) is 14.4. The first-order valence-corrected chi connectivity index (χ1v) is 7.90. The summed E-state index contributed by atoms with van der Waals surface area (Å²) in [5, 5.41) is 12.0. The second-order valence-electron chi connectivity index (χ2n) is 5.35. The van der Waals surface area contributed by atoms with E-state index >= 15 is 0 Å². The minimum absolute atomic E-state index is 0.0268. The van der Waals surface area contributed by atoms with Crippen molar-refractivity contribution in [2.75, 3.05) is 0 Å². The van der Waals surface area contributed by atoms with Gasteiger partial charge in [0.1, 0.15) is 17.9 Å². The number of ether oxygens (including phenoxy) is 1. The molecule has 0 unspecified atom stereocenters. The lowest BCUT2D eigenvalue weighted by atomic mass is 10.1. The highest BCUT2D eigenvalue weighted by Gasteiger charge is 2.13. The molecule has 0 N–H and O–H groups in total. The molecule has 6 nitrogen and oxygen atoms in total. The van der Waals surface area contributed by atoms with Gasteiger partial charge in [0.2, 0.25) is 0 Å². The van der Waals surface area contributed by atoms with Crippen molar-refractivity contribution in [2.24, 2.45) is 0 Å². The number of fused-ring (bicyclic) bond motifs is 1. The normalized spacial score (nSPS) is 10.8. The molecule has 3 aromatic rings. The minimum atomic E-state index is -0.546. The van der Waals surface area contributed by atoms with Crippen molar-refractivity contribution in [2.45, 2.75) is 13.5 Å². The summed E-state index contributed by atoms with van der Waals surface area (Å²) >= 11 is 12.1. The number of aryl methyl sites for hydroxylation is 1. The van der Waals surface area contributed by atoms with Crippen LogP contribution < -0.4 is 10.4 Å². The number of halogens is 2. The van der Waals surface area contributed by atoms with Crippen LogP contribution >= 0.6 is 23.2 Å². The molecule has 0 aliphatic heterocycles. The van der Waals surface area contributed by atoms with E-state index in [9.17, 15) is 14.9 Å². The Kier molecular flexibility index (Phi) is 4.65. The summed E-state index contributed by atoms with van der Waals surface area (Å²) in [7, 11) is 0. The summed E-state index contributed by atoms with van der Waals surface area (Å²) in [5.41, 5.74) is 1.12. The van der Waals surface area contributed by atoms with E-state index in [1.165, 1.54) is 24.3 Å².